The van der Waals surface area contributed by atoms with E-state index in [-0.39, 0.29) is 17.2 Å². The Bertz CT molecular complexity index is 337. The third-order valence-corrected chi connectivity index (χ3v) is 5.36. The van der Waals surface area contributed by atoms with E-state index in [1.807, 2.05) is 6.92 Å². The summed E-state index contributed by atoms with van der Waals surface area (Å²) in [6, 6.07) is -0.394. The fourth-order valence-electron chi connectivity index (χ4n) is 3.75. The van der Waals surface area contributed by atoms with Gasteiger partial charge in [0, 0.05) is 33.0 Å². The van der Waals surface area contributed by atoms with Crippen molar-refractivity contribution in [2.45, 2.75) is 57.9 Å². The van der Waals surface area contributed by atoms with Gasteiger partial charge in [-0.25, -0.2) is 0 Å². The summed E-state index contributed by atoms with van der Waals surface area (Å²) in [6.07, 6.45) is 7.71. The second kappa shape index (κ2) is 8.85. The molecule has 1 atom stereocenters. The number of rotatable bonds is 8. The number of carbonyl (C=O) groups excluding carboxylic acids is 1. The van der Waals surface area contributed by atoms with Crippen LogP contribution in [0.25, 0.3) is 0 Å². The minimum atomic E-state index is -0.394. The zero-order valence-electron chi connectivity index (χ0n) is 13.9. The van der Waals surface area contributed by atoms with Crippen molar-refractivity contribution in [3.05, 3.63) is 0 Å². The lowest BCUT2D eigenvalue weighted by atomic mass is 9.82. The molecule has 0 bridgehead atoms. The molecule has 128 valence electrons. The number of nitrogens with two attached hydrogens (primary N) is 1. The van der Waals surface area contributed by atoms with Crippen LogP contribution in [0, 0.1) is 11.3 Å². The van der Waals surface area contributed by atoms with Crippen molar-refractivity contribution < 1.29 is 14.3 Å². The third kappa shape index (κ3) is 4.93. The first-order valence-electron chi connectivity index (χ1n) is 8.86. The van der Waals surface area contributed by atoms with Gasteiger partial charge in [0.25, 0.3) is 0 Å². The Morgan fingerprint density at radius 3 is 2.68 bits per heavy atom. The molecule has 22 heavy (non-hydrogen) atoms. The Kier molecular flexibility index (Phi) is 7.12. The summed E-state index contributed by atoms with van der Waals surface area (Å²) in [6.45, 7) is 5.77. The maximum atomic E-state index is 12.4. The van der Waals surface area contributed by atoms with Crippen LogP contribution >= 0.6 is 0 Å². The third-order valence-electron chi connectivity index (χ3n) is 5.36. The monoisotopic (exact) mass is 312 g/mol. The zero-order valence-corrected chi connectivity index (χ0v) is 13.9. The van der Waals surface area contributed by atoms with Crippen molar-refractivity contribution in [2.24, 2.45) is 17.1 Å². The van der Waals surface area contributed by atoms with Crippen LogP contribution in [0.5, 0.6) is 0 Å². The molecule has 1 amide bonds. The van der Waals surface area contributed by atoms with Gasteiger partial charge in [-0.15, -0.1) is 0 Å². The first-order valence-corrected chi connectivity index (χ1v) is 8.86. The van der Waals surface area contributed by atoms with Gasteiger partial charge < -0.3 is 20.5 Å². The van der Waals surface area contributed by atoms with E-state index in [0.717, 1.165) is 52.2 Å². The number of amides is 1. The summed E-state index contributed by atoms with van der Waals surface area (Å²) < 4.78 is 10.9. The smallest absolute Gasteiger partial charge is 0.237 e. The summed E-state index contributed by atoms with van der Waals surface area (Å²) in [5, 5.41) is 3.13. The van der Waals surface area contributed by atoms with Gasteiger partial charge in [0.15, 0.2) is 0 Å². The molecule has 0 aromatic heterocycles. The number of ether oxygens (including phenoxy) is 2. The minimum Gasteiger partial charge on any atom is -0.382 e. The van der Waals surface area contributed by atoms with Crippen LogP contribution in [0.3, 0.4) is 0 Å². The molecule has 0 spiro atoms. The highest BCUT2D eigenvalue weighted by molar-refractivity contribution is 5.81. The van der Waals surface area contributed by atoms with Crippen LogP contribution in [0.1, 0.15) is 51.9 Å². The van der Waals surface area contributed by atoms with E-state index in [4.69, 9.17) is 15.2 Å². The molecular weight excluding hydrogens is 280 g/mol. The highest BCUT2D eigenvalue weighted by atomic mass is 16.5. The predicted molar refractivity (Wildman–Crippen MR) is 86.5 cm³/mol. The lowest BCUT2D eigenvalue weighted by Crippen LogP contribution is -2.49. The summed E-state index contributed by atoms with van der Waals surface area (Å²) in [5.74, 6) is 0.270. The van der Waals surface area contributed by atoms with Gasteiger partial charge >= 0.3 is 0 Å². The van der Waals surface area contributed by atoms with E-state index >= 15 is 0 Å². The van der Waals surface area contributed by atoms with Crippen LogP contribution in [-0.2, 0) is 14.3 Å². The topological polar surface area (TPSA) is 73.6 Å². The van der Waals surface area contributed by atoms with Crippen molar-refractivity contribution in [2.75, 3.05) is 33.0 Å². The first kappa shape index (κ1) is 17.7. The summed E-state index contributed by atoms with van der Waals surface area (Å²) >= 11 is 0. The molecule has 3 N–H and O–H groups in total. The van der Waals surface area contributed by atoms with E-state index in [0.29, 0.717) is 0 Å². The number of hydrogen-bond acceptors (Lipinski definition) is 4. The van der Waals surface area contributed by atoms with Crippen molar-refractivity contribution in [3.8, 4) is 0 Å². The average molecular weight is 312 g/mol. The summed E-state index contributed by atoms with van der Waals surface area (Å²) in [4.78, 5) is 12.4. The molecule has 2 aliphatic rings. The average Bonchev–Trinajstić information content (AvgIpc) is 3.02. The van der Waals surface area contributed by atoms with Crippen LogP contribution in [0.2, 0.25) is 0 Å². The fraction of sp³-hybridized carbons (Fsp3) is 0.941. The van der Waals surface area contributed by atoms with Gasteiger partial charge in [-0.3, -0.25) is 4.79 Å². The molecule has 1 saturated carbocycles. The molecule has 0 aromatic rings. The lowest BCUT2D eigenvalue weighted by Gasteiger charge is -2.31. The Balaban J connectivity index is 1.79. The Hall–Kier alpha value is -0.650. The lowest BCUT2D eigenvalue weighted by molar-refractivity contribution is -0.125. The zero-order chi connectivity index (χ0) is 15.8. The maximum absolute atomic E-state index is 12.4. The van der Waals surface area contributed by atoms with Crippen LogP contribution in [0.15, 0.2) is 0 Å². The highest BCUT2D eigenvalue weighted by Gasteiger charge is 2.35. The fourth-order valence-corrected chi connectivity index (χ4v) is 3.75. The molecule has 1 aliphatic carbocycles. The summed E-state index contributed by atoms with van der Waals surface area (Å²) in [5.41, 5.74) is 6.37. The number of hydrogen-bond donors (Lipinski definition) is 2. The predicted octanol–water partition coefficient (Wildman–Crippen LogP) is 1.84. The molecule has 1 heterocycles. The molecule has 2 rings (SSSR count). The van der Waals surface area contributed by atoms with E-state index in [2.05, 4.69) is 5.32 Å². The second-order valence-electron chi connectivity index (χ2n) is 6.85. The van der Waals surface area contributed by atoms with Gasteiger partial charge in [-0.05, 0) is 50.4 Å². The van der Waals surface area contributed by atoms with Crippen molar-refractivity contribution in [3.63, 3.8) is 0 Å². The molecule has 5 nitrogen and oxygen atoms in total. The molecule has 1 unspecified atom stereocenters. The van der Waals surface area contributed by atoms with Crippen LogP contribution in [-0.4, -0.2) is 44.9 Å². The van der Waals surface area contributed by atoms with E-state index in [1.54, 1.807) is 0 Å². The highest BCUT2D eigenvalue weighted by Crippen LogP contribution is 2.40. The van der Waals surface area contributed by atoms with Crippen molar-refractivity contribution >= 4 is 5.91 Å². The first-order chi connectivity index (χ1) is 10.7. The SMILES string of the molecule is CCOCCC1(CNC(=O)C(N)C2CCOCC2)CCCC1. The van der Waals surface area contributed by atoms with Crippen LogP contribution < -0.4 is 11.1 Å². The standard InChI is InChI=1S/C17H32N2O3/c1-2-21-12-9-17(7-3-4-8-17)13-19-16(20)15(18)14-5-10-22-11-6-14/h14-15H,2-13,18H2,1H3,(H,19,20). The Labute approximate surface area is 134 Å². The quantitative estimate of drug-likeness (QED) is 0.671. The molecule has 1 aliphatic heterocycles. The number of carbonyl (C=O) groups is 1. The number of nitrogens with one attached hydrogen (secondary N) is 1. The molecule has 5 heteroatoms. The van der Waals surface area contributed by atoms with Crippen LogP contribution in [0.4, 0.5) is 0 Å². The van der Waals surface area contributed by atoms with Gasteiger partial charge in [-0.1, -0.05) is 12.8 Å². The normalized spacial score (nSPS) is 23.4. The van der Waals surface area contributed by atoms with Crippen molar-refractivity contribution in [1.29, 1.82) is 0 Å². The molecule has 2 fully saturated rings. The van der Waals surface area contributed by atoms with Gasteiger partial charge in [0.2, 0.25) is 5.91 Å². The largest absolute Gasteiger partial charge is 0.382 e. The van der Waals surface area contributed by atoms with Gasteiger partial charge in [0.1, 0.15) is 0 Å². The second-order valence-corrected chi connectivity index (χ2v) is 6.85. The Morgan fingerprint density at radius 1 is 1.36 bits per heavy atom. The van der Waals surface area contributed by atoms with Gasteiger partial charge in [-0.2, -0.15) is 0 Å². The maximum Gasteiger partial charge on any atom is 0.237 e. The molecule has 0 aromatic carbocycles. The molecule has 1 saturated heterocycles. The van der Waals surface area contributed by atoms with E-state index in [1.165, 1.54) is 25.7 Å². The minimum absolute atomic E-state index is 0.00887. The Morgan fingerprint density at radius 2 is 2.05 bits per heavy atom. The van der Waals surface area contributed by atoms with E-state index in [9.17, 15) is 4.79 Å². The summed E-state index contributed by atoms with van der Waals surface area (Å²) in [7, 11) is 0. The molecule has 0 radical (unpaired) electrons. The van der Waals surface area contributed by atoms with E-state index < -0.39 is 6.04 Å². The van der Waals surface area contributed by atoms with Gasteiger partial charge in [0.05, 0.1) is 6.04 Å². The molecular formula is C17H32N2O3. The van der Waals surface area contributed by atoms with Crippen molar-refractivity contribution in [1.82, 2.24) is 5.32 Å².